The molecular formula is C11H18NNaO3. The van der Waals surface area contributed by atoms with Gasteiger partial charge in [-0.15, -0.1) is 0 Å². The van der Waals surface area contributed by atoms with Crippen LogP contribution in [0.5, 0.6) is 0 Å². The zero-order valence-electron chi connectivity index (χ0n) is 10.4. The molecule has 1 amide bonds. The predicted octanol–water partition coefficient (Wildman–Crippen LogP) is -2.66. The van der Waals surface area contributed by atoms with Crippen LogP contribution in [0, 0.1) is 0 Å². The molecule has 0 atom stereocenters. The molecule has 0 aromatic carbocycles. The molecule has 0 aromatic heterocycles. The Morgan fingerprint density at radius 1 is 1.31 bits per heavy atom. The number of allylic oxidation sites excluding steroid dienone is 2. The first-order chi connectivity index (χ1) is 7.07. The van der Waals surface area contributed by atoms with Gasteiger partial charge in [-0.3, -0.25) is 4.79 Å². The Morgan fingerprint density at radius 3 is 2.44 bits per heavy atom. The van der Waals surface area contributed by atoms with Crippen LogP contribution in [-0.4, -0.2) is 30.4 Å². The molecule has 0 saturated heterocycles. The predicted molar refractivity (Wildman–Crippen MR) is 55.9 cm³/mol. The number of amides is 1. The normalized spacial score (nSPS) is 9.88. The van der Waals surface area contributed by atoms with Gasteiger partial charge in [-0.25, -0.2) is 0 Å². The number of carbonyl (C=O) groups is 2. The van der Waals surface area contributed by atoms with E-state index in [0.717, 1.165) is 19.3 Å². The number of nitrogens with zero attached hydrogens (tertiary/aromatic N) is 1. The maximum absolute atomic E-state index is 11.3. The number of carbonyl (C=O) groups excluding carboxylic acids is 2. The second kappa shape index (κ2) is 11.2. The molecule has 16 heavy (non-hydrogen) atoms. The van der Waals surface area contributed by atoms with Crippen LogP contribution in [0.3, 0.4) is 0 Å². The summed E-state index contributed by atoms with van der Waals surface area (Å²) in [5.74, 6) is -1.36. The first kappa shape index (κ1) is 18.1. The van der Waals surface area contributed by atoms with Crippen molar-refractivity contribution in [3.8, 4) is 0 Å². The molecule has 5 heteroatoms. The Bertz CT molecular complexity index is 241. The minimum Gasteiger partial charge on any atom is -0.548 e. The number of unbranched alkanes of at least 4 members (excludes halogenated alkanes) is 2. The quantitative estimate of drug-likeness (QED) is 0.275. The fourth-order valence-corrected chi connectivity index (χ4v) is 1.18. The summed E-state index contributed by atoms with van der Waals surface area (Å²) >= 11 is 0. The summed E-state index contributed by atoms with van der Waals surface area (Å²) in [4.78, 5) is 22.7. The van der Waals surface area contributed by atoms with Gasteiger partial charge in [0.05, 0.1) is 12.5 Å². The molecule has 0 spiro atoms. The van der Waals surface area contributed by atoms with E-state index in [-0.39, 0.29) is 42.0 Å². The number of hydrogen-bond acceptors (Lipinski definition) is 3. The van der Waals surface area contributed by atoms with E-state index in [1.54, 1.807) is 0 Å². The summed E-state index contributed by atoms with van der Waals surface area (Å²) in [7, 11) is 1.48. The van der Waals surface area contributed by atoms with Gasteiger partial charge in [0.15, 0.2) is 0 Å². The van der Waals surface area contributed by atoms with Gasteiger partial charge in [0.2, 0.25) is 5.91 Å². The third kappa shape index (κ3) is 10.2. The number of carboxylic acid groups (broad SMARTS) is 1. The van der Waals surface area contributed by atoms with Crippen molar-refractivity contribution in [2.75, 3.05) is 13.6 Å². The van der Waals surface area contributed by atoms with Crippen molar-refractivity contribution in [1.29, 1.82) is 0 Å². The maximum Gasteiger partial charge on any atom is 1.00 e. The van der Waals surface area contributed by atoms with Gasteiger partial charge in [0.25, 0.3) is 0 Å². The van der Waals surface area contributed by atoms with E-state index in [0.29, 0.717) is 6.42 Å². The van der Waals surface area contributed by atoms with E-state index in [9.17, 15) is 14.7 Å². The van der Waals surface area contributed by atoms with E-state index in [1.165, 1.54) is 11.9 Å². The van der Waals surface area contributed by atoms with Crippen LogP contribution < -0.4 is 34.7 Å². The van der Waals surface area contributed by atoms with Gasteiger partial charge in [0.1, 0.15) is 0 Å². The van der Waals surface area contributed by atoms with Crippen molar-refractivity contribution in [2.24, 2.45) is 0 Å². The second-order valence-electron chi connectivity index (χ2n) is 3.44. The third-order valence-electron chi connectivity index (χ3n) is 2.04. The Kier molecular flexibility index (Phi) is 12.6. The Balaban J connectivity index is 0. The van der Waals surface area contributed by atoms with Crippen LogP contribution in [0.1, 0.15) is 32.6 Å². The Hall–Kier alpha value is -0.320. The molecule has 0 saturated carbocycles. The van der Waals surface area contributed by atoms with Gasteiger partial charge >= 0.3 is 29.6 Å². The SMILES string of the molecule is C/C=C/CCCCC(=O)N(C)CC(=O)[O-].[Na+]. The first-order valence-corrected chi connectivity index (χ1v) is 5.13. The molecule has 4 nitrogen and oxygen atoms in total. The van der Waals surface area contributed by atoms with Gasteiger partial charge in [-0.2, -0.15) is 0 Å². The fourth-order valence-electron chi connectivity index (χ4n) is 1.18. The minimum atomic E-state index is -1.22. The Labute approximate surface area is 119 Å². The smallest absolute Gasteiger partial charge is 0.548 e. The average molecular weight is 235 g/mol. The topological polar surface area (TPSA) is 60.4 Å². The van der Waals surface area contributed by atoms with Crippen LogP contribution in [0.25, 0.3) is 0 Å². The zero-order valence-corrected chi connectivity index (χ0v) is 12.4. The van der Waals surface area contributed by atoms with E-state index in [4.69, 9.17) is 0 Å². The molecule has 0 bridgehead atoms. The van der Waals surface area contributed by atoms with Crippen molar-refractivity contribution < 1.29 is 44.3 Å². The number of likely N-dealkylation sites (N-methyl/N-ethyl adjacent to an activating group) is 1. The van der Waals surface area contributed by atoms with Crippen molar-refractivity contribution >= 4 is 11.9 Å². The molecule has 0 rings (SSSR count). The summed E-state index contributed by atoms with van der Waals surface area (Å²) in [6.07, 6.45) is 7.14. The molecule has 0 heterocycles. The minimum absolute atomic E-state index is 0. The monoisotopic (exact) mass is 235 g/mol. The van der Waals surface area contributed by atoms with E-state index in [1.807, 2.05) is 13.0 Å². The molecule has 0 aliphatic rings. The van der Waals surface area contributed by atoms with Gasteiger partial charge in [-0.1, -0.05) is 12.2 Å². The molecule has 86 valence electrons. The number of rotatable bonds is 7. The van der Waals surface area contributed by atoms with Crippen molar-refractivity contribution in [2.45, 2.75) is 32.6 Å². The molecule has 0 aliphatic carbocycles. The van der Waals surface area contributed by atoms with E-state index in [2.05, 4.69) is 6.08 Å². The molecule has 0 fully saturated rings. The van der Waals surface area contributed by atoms with Crippen LogP contribution in [-0.2, 0) is 9.59 Å². The molecule has 0 radical (unpaired) electrons. The standard InChI is InChI=1S/C11H19NO3.Na/c1-3-4-5-6-7-8-10(13)12(2)9-11(14)15;/h3-4H,5-9H2,1-2H3,(H,14,15);/q;+1/p-1/b4-3+;. The van der Waals surface area contributed by atoms with Crippen LogP contribution in [0.4, 0.5) is 0 Å². The van der Waals surface area contributed by atoms with E-state index < -0.39 is 5.97 Å². The second-order valence-corrected chi connectivity index (χ2v) is 3.44. The molecule has 0 N–H and O–H groups in total. The zero-order chi connectivity index (χ0) is 11.7. The van der Waals surface area contributed by atoms with Crippen LogP contribution in [0.2, 0.25) is 0 Å². The van der Waals surface area contributed by atoms with Gasteiger partial charge < -0.3 is 14.8 Å². The molecular weight excluding hydrogens is 217 g/mol. The van der Waals surface area contributed by atoms with Crippen molar-refractivity contribution in [3.05, 3.63) is 12.2 Å². The van der Waals surface area contributed by atoms with Gasteiger partial charge in [-0.05, 0) is 26.2 Å². The maximum atomic E-state index is 11.3. The largest absolute Gasteiger partial charge is 1.00 e. The summed E-state index contributed by atoms with van der Waals surface area (Å²) in [5, 5.41) is 10.2. The van der Waals surface area contributed by atoms with E-state index >= 15 is 0 Å². The van der Waals surface area contributed by atoms with Crippen LogP contribution in [0.15, 0.2) is 12.2 Å². The van der Waals surface area contributed by atoms with Crippen molar-refractivity contribution in [1.82, 2.24) is 4.90 Å². The number of aliphatic carboxylic acids is 1. The van der Waals surface area contributed by atoms with Gasteiger partial charge in [0, 0.05) is 13.5 Å². The molecule has 0 unspecified atom stereocenters. The first-order valence-electron chi connectivity index (χ1n) is 5.13. The third-order valence-corrected chi connectivity index (χ3v) is 2.04. The average Bonchev–Trinajstić information content (AvgIpc) is 2.16. The van der Waals surface area contributed by atoms with Crippen molar-refractivity contribution in [3.63, 3.8) is 0 Å². The summed E-state index contributed by atoms with van der Waals surface area (Å²) in [6, 6.07) is 0. The summed E-state index contributed by atoms with van der Waals surface area (Å²) in [6.45, 7) is 1.63. The molecule has 0 aliphatic heterocycles. The number of carboxylic acids is 1. The van der Waals surface area contributed by atoms with Crippen LogP contribution >= 0.6 is 0 Å². The summed E-state index contributed by atoms with van der Waals surface area (Å²) in [5.41, 5.74) is 0. The Morgan fingerprint density at radius 2 is 1.94 bits per heavy atom. The fraction of sp³-hybridized carbons (Fsp3) is 0.636. The number of hydrogen-bond donors (Lipinski definition) is 0. The molecule has 0 aromatic rings. The summed E-state index contributed by atoms with van der Waals surface area (Å²) < 4.78 is 0.